The van der Waals surface area contributed by atoms with Crippen LogP contribution < -0.4 is 5.32 Å². The van der Waals surface area contributed by atoms with Gasteiger partial charge in [-0.2, -0.15) is 0 Å². The molecule has 1 N–H and O–H groups in total. The molecule has 1 fully saturated rings. The molecule has 0 bridgehead atoms. The van der Waals surface area contributed by atoms with Gasteiger partial charge >= 0.3 is 0 Å². The monoisotopic (exact) mass is 278 g/mol. The highest BCUT2D eigenvalue weighted by Gasteiger charge is 2.24. The highest BCUT2D eigenvalue weighted by molar-refractivity contribution is 5.21. The summed E-state index contributed by atoms with van der Waals surface area (Å²) in [6.07, 6.45) is 3.81. The van der Waals surface area contributed by atoms with Crippen molar-refractivity contribution in [1.29, 1.82) is 0 Å². The molecule has 0 aliphatic carbocycles. The van der Waals surface area contributed by atoms with Gasteiger partial charge in [-0.25, -0.2) is 4.39 Å². The van der Waals surface area contributed by atoms with E-state index in [4.69, 9.17) is 0 Å². The third kappa shape index (κ3) is 3.80. The Kier molecular flexibility index (Phi) is 5.55. The summed E-state index contributed by atoms with van der Waals surface area (Å²) in [5.74, 6) is -0.0951. The minimum Gasteiger partial charge on any atom is -0.313 e. The maximum absolute atomic E-state index is 14.0. The Morgan fingerprint density at radius 3 is 2.60 bits per heavy atom. The summed E-state index contributed by atoms with van der Waals surface area (Å²) < 4.78 is 14.0. The minimum atomic E-state index is -0.0951. The molecule has 1 heterocycles. The van der Waals surface area contributed by atoms with Crippen molar-refractivity contribution in [2.24, 2.45) is 0 Å². The summed E-state index contributed by atoms with van der Waals surface area (Å²) >= 11 is 0. The summed E-state index contributed by atoms with van der Waals surface area (Å²) in [6.45, 7) is 8.61. The quantitative estimate of drug-likeness (QED) is 0.882. The lowest BCUT2D eigenvalue weighted by molar-refractivity contribution is 0.135. The molecule has 0 spiro atoms. The van der Waals surface area contributed by atoms with Crippen LogP contribution in [0.25, 0.3) is 0 Å². The normalized spacial score (nSPS) is 21.4. The zero-order chi connectivity index (χ0) is 14.5. The van der Waals surface area contributed by atoms with Crippen LogP contribution in [-0.2, 0) is 0 Å². The SMILES string of the molecule is CC(C)N(CC1CCCCN1)C(C)c1ccccc1F. The lowest BCUT2D eigenvalue weighted by Gasteiger charge is -2.37. The minimum absolute atomic E-state index is 0.0951. The first-order valence-electron chi connectivity index (χ1n) is 7.83. The molecule has 2 unspecified atom stereocenters. The molecule has 112 valence electrons. The van der Waals surface area contributed by atoms with Crippen LogP contribution in [0, 0.1) is 5.82 Å². The van der Waals surface area contributed by atoms with E-state index in [1.807, 2.05) is 12.1 Å². The van der Waals surface area contributed by atoms with E-state index in [-0.39, 0.29) is 11.9 Å². The van der Waals surface area contributed by atoms with Gasteiger partial charge in [-0.1, -0.05) is 24.6 Å². The van der Waals surface area contributed by atoms with Crippen LogP contribution in [0.2, 0.25) is 0 Å². The van der Waals surface area contributed by atoms with Crippen LogP contribution in [0.3, 0.4) is 0 Å². The van der Waals surface area contributed by atoms with Crippen LogP contribution in [0.1, 0.15) is 51.6 Å². The van der Waals surface area contributed by atoms with E-state index in [1.165, 1.54) is 19.3 Å². The van der Waals surface area contributed by atoms with E-state index in [2.05, 4.69) is 31.0 Å². The lowest BCUT2D eigenvalue weighted by atomic mass is 10.0. The number of benzene rings is 1. The molecule has 1 aliphatic heterocycles. The second kappa shape index (κ2) is 7.19. The number of halogens is 1. The molecule has 1 aliphatic rings. The summed E-state index contributed by atoms with van der Waals surface area (Å²) in [5.41, 5.74) is 0.803. The van der Waals surface area contributed by atoms with Crippen molar-refractivity contribution in [2.75, 3.05) is 13.1 Å². The Bertz CT molecular complexity index is 413. The highest BCUT2D eigenvalue weighted by Crippen LogP contribution is 2.25. The Morgan fingerprint density at radius 1 is 1.25 bits per heavy atom. The predicted molar refractivity (Wildman–Crippen MR) is 82.3 cm³/mol. The first-order chi connectivity index (χ1) is 9.59. The second-order valence-electron chi connectivity index (χ2n) is 6.13. The molecule has 3 heteroatoms. The average Bonchev–Trinajstić information content (AvgIpc) is 2.45. The topological polar surface area (TPSA) is 15.3 Å². The van der Waals surface area contributed by atoms with Crippen LogP contribution in [0.15, 0.2) is 24.3 Å². The largest absolute Gasteiger partial charge is 0.313 e. The van der Waals surface area contributed by atoms with Crippen molar-refractivity contribution in [3.63, 3.8) is 0 Å². The lowest BCUT2D eigenvalue weighted by Crippen LogP contribution is -2.46. The molecule has 20 heavy (non-hydrogen) atoms. The fraction of sp³-hybridized carbons (Fsp3) is 0.647. The van der Waals surface area contributed by atoms with E-state index in [0.29, 0.717) is 12.1 Å². The molecule has 1 aromatic carbocycles. The van der Waals surface area contributed by atoms with Crippen molar-refractivity contribution in [2.45, 2.75) is 58.2 Å². The Hall–Kier alpha value is -0.930. The zero-order valence-corrected chi connectivity index (χ0v) is 12.9. The molecule has 2 rings (SSSR count). The van der Waals surface area contributed by atoms with E-state index >= 15 is 0 Å². The summed E-state index contributed by atoms with van der Waals surface area (Å²) in [6, 6.07) is 8.21. The van der Waals surface area contributed by atoms with Gasteiger partial charge in [0, 0.05) is 30.2 Å². The Balaban J connectivity index is 2.09. The molecule has 1 saturated heterocycles. The van der Waals surface area contributed by atoms with Gasteiger partial charge in [0.25, 0.3) is 0 Å². The molecule has 0 radical (unpaired) electrons. The number of piperidine rings is 1. The summed E-state index contributed by atoms with van der Waals surface area (Å²) in [4.78, 5) is 2.40. The molecule has 0 amide bonds. The maximum Gasteiger partial charge on any atom is 0.127 e. The third-order valence-corrected chi connectivity index (χ3v) is 4.36. The van der Waals surface area contributed by atoms with Crippen molar-refractivity contribution >= 4 is 0 Å². The van der Waals surface area contributed by atoms with Crippen molar-refractivity contribution in [3.8, 4) is 0 Å². The van der Waals surface area contributed by atoms with E-state index in [0.717, 1.165) is 18.7 Å². The van der Waals surface area contributed by atoms with Gasteiger partial charge < -0.3 is 5.32 Å². The number of hydrogen-bond acceptors (Lipinski definition) is 2. The summed E-state index contributed by atoms with van der Waals surface area (Å²) in [5, 5.41) is 3.59. The number of rotatable bonds is 5. The maximum atomic E-state index is 14.0. The number of nitrogens with zero attached hydrogens (tertiary/aromatic N) is 1. The first-order valence-corrected chi connectivity index (χ1v) is 7.83. The standard InChI is InChI=1S/C17H27FN2/c1-13(2)20(12-15-8-6-7-11-19-15)14(3)16-9-4-5-10-17(16)18/h4-5,9-10,13-15,19H,6-8,11-12H2,1-3H3. The molecular formula is C17H27FN2. The predicted octanol–water partition coefficient (Wildman–Crippen LogP) is 3.74. The zero-order valence-electron chi connectivity index (χ0n) is 12.9. The average molecular weight is 278 g/mol. The first kappa shape index (κ1) is 15.5. The van der Waals surface area contributed by atoms with Gasteiger partial charge in [-0.3, -0.25) is 4.90 Å². The fourth-order valence-electron chi connectivity index (χ4n) is 3.14. The molecule has 1 aromatic rings. The second-order valence-corrected chi connectivity index (χ2v) is 6.13. The molecule has 0 saturated carbocycles. The van der Waals surface area contributed by atoms with Crippen molar-refractivity contribution in [1.82, 2.24) is 10.2 Å². The van der Waals surface area contributed by atoms with Gasteiger partial charge in [0.1, 0.15) is 5.82 Å². The number of nitrogens with one attached hydrogen (secondary N) is 1. The van der Waals surface area contributed by atoms with Gasteiger partial charge in [-0.15, -0.1) is 0 Å². The van der Waals surface area contributed by atoms with Crippen LogP contribution >= 0.6 is 0 Å². The summed E-state index contributed by atoms with van der Waals surface area (Å²) in [7, 11) is 0. The van der Waals surface area contributed by atoms with E-state index < -0.39 is 0 Å². The van der Waals surface area contributed by atoms with Crippen LogP contribution in [0.4, 0.5) is 4.39 Å². The van der Waals surface area contributed by atoms with Gasteiger partial charge in [0.05, 0.1) is 0 Å². The van der Waals surface area contributed by atoms with Crippen molar-refractivity contribution in [3.05, 3.63) is 35.6 Å². The Labute approximate surface area is 122 Å². The van der Waals surface area contributed by atoms with Gasteiger partial charge in [0.15, 0.2) is 0 Å². The fourth-order valence-corrected chi connectivity index (χ4v) is 3.14. The van der Waals surface area contributed by atoms with Crippen LogP contribution in [-0.4, -0.2) is 30.1 Å². The van der Waals surface area contributed by atoms with Crippen LogP contribution in [0.5, 0.6) is 0 Å². The van der Waals surface area contributed by atoms with E-state index in [1.54, 1.807) is 12.1 Å². The smallest absolute Gasteiger partial charge is 0.127 e. The Morgan fingerprint density at radius 2 is 2.00 bits per heavy atom. The molecule has 2 atom stereocenters. The van der Waals surface area contributed by atoms with E-state index in [9.17, 15) is 4.39 Å². The van der Waals surface area contributed by atoms with Gasteiger partial charge in [0.2, 0.25) is 0 Å². The molecule has 0 aromatic heterocycles. The highest BCUT2D eigenvalue weighted by atomic mass is 19.1. The molecule has 2 nitrogen and oxygen atoms in total. The van der Waals surface area contributed by atoms with Gasteiger partial charge in [-0.05, 0) is 46.2 Å². The molecular weight excluding hydrogens is 251 g/mol. The number of hydrogen-bond donors (Lipinski definition) is 1. The van der Waals surface area contributed by atoms with Crippen molar-refractivity contribution < 1.29 is 4.39 Å². The third-order valence-electron chi connectivity index (χ3n) is 4.36.